The molecule has 21 heavy (non-hydrogen) atoms. The average Bonchev–Trinajstić information content (AvgIpc) is 2.91. The van der Waals surface area contributed by atoms with Gasteiger partial charge in [0.05, 0.1) is 6.61 Å². The number of ether oxygens (including phenoxy) is 1. The van der Waals surface area contributed by atoms with Crippen molar-refractivity contribution in [2.24, 2.45) is 0 Å². The zero-order valence-electron chi connectivity index (χ0n) is 11.8. The molecule has 1 aromatic heterocycles. The van der Waals surface area contributed by atoms with Crippen LogP contribution in [0.25, 0.3) is 10.1 Å². The van der Waals surface area contributed by atoms with Crippen LogP contribution >= 0.6 is 23.1 Å². The number of thiophene rings is 1. The zero-order chi connectivity index (χ0) is 14.7. The van der Waals surface area contributed by atoms with Gasteiger partial charge in [-0.05, 0) is 47.5 Å². The predicted molar refractivity (Wildman–Crippen MR) is 93.4 cm³/mol. The SMILES string of the molecule is CCOc1ccc(N)c(SCc2csc3ccccc23)c1. The lowest BCUT2D eigenvalue weighted by Gasteiger charge is -2.08. The monoisotopic (exact) mass is 315 g/mol. The lowest BCUT2D eigenvalue weighted by atomic mass is 10.2. The van der Waals surface area contributed by atoms with Gasteiger partial charge >= 0.3 is 0 Å². The molecule has 0 fully saturated rings. The highest BCUT2D eigenvalue weighted by Gasteiger charge is 2.07. The Labute approximate surface area is 132 Å². The average molecular weight is 315 g/mol. The second kappa shape index (κ2) is 6.41. The van der Waals surface area contributed by atoms with E-state index in [0.717, 1.165) is 22.1 Å². The molecule has 0 aliphatic carbocycles. The van der Waals surface area contributed by atoms with E-state index in [1.807, 2.05) is 25.1 Å². The van der Waals surface area contributed by atoms with Crippen LogP contribution in [0.5, 0.6) is 5.75 Å². The maximum Gasteiger partial charge on any atom is 0.120 e. The summed E-state index contributed by atoms with van der Waals surface area (Å²) in [5, 5.41) is 3.58. The molecule has 0 aliphatic heterocycles. The van der Waals surface area contributed by atoms with Gasteiger partial charge in [-0.2, -0.15) is 0 Å². The summed E-state index contributed by atoms with van der Waals surface area (Å²) in [6.45, 7) is 2.66. The number of nitrogens with two attached hydrogens (primary N) is 1. The Morgan fingerprint density at radius 2 is 2.05 bits per heavy atom. The van der Waals surface area contributed by atoms with E-state index in [4.69, 9.17) is 10.5 Å². The molecule has 1 heterocycles. The van der Waals surface area contributed by atoms with Gasteiger partial charge in [-0.3, -0.25) is 0 Å². The third-order valence-electron chi connectivity index (χ3n) is 3.24. The van der Waals surface area contributed by atoms with Crippen molar-refractivity contribution in [1.82, 2.24) is 0 Å². The van der Waals surface area contributed by atoms with Crippen LogP contribution in [0, 0.1) is 0 Å². The van der Waals surface area contributed by atoms with Crippen LogP contribution in [0.2, 0.25) is 0 Å². The van der Waals surface area contributed by atoms with Crippen LogP contribution in [0.15, 0.2) is 52.7 Å². The second-order valence-corrected chi connectivity index (χ2v) is 6.61. The number of nitrogen functional groups attached to an aromatic ring is 1. The molecule has 4 heteroatoms. The van der Waals surface area contributed by atoms with Crippen LogP contribution in [0.1, 0.15) is 12.5 Å². The summed E-state index contributed by atoms with van der Waals surface area (Å²) in [7, 11) is 0. The molecule has 108 valence electrons. The van der Waals surface area contributed by atoms with E-state index >= 15 is 0 Å². The van der Waals surface area contributed by atoms with Gasteiger partial charge in [-0.1, -0.05) is 18.2 Å². The predicted octanol–water partition coefficient (Wildman–Crippen LogP) is 5.17. The van der Waals surface area contributed by atoms with Crippen molar-refractivity contribution in [1.29, 1.82) is 0 Å². The normalized spacial score (nSPS) is 10.9. The van der Waals surface area contributed by atoms with Crippen LogP contribution in [0.3, 0.4) is 0 Å². The van der Waals surface area contributed by atoms with Crippen molar-refractivity contribution < 1.29 is 4.74 Å². The Bertz CT molecular complexity index is 751. The van der Waals surface area contributed by atoms with Crippen LogP contribution in [-0.4, -0.2) is 6.61 Å². The molecular weight excluding hydrogens is 298 g/mol. The molecule has 2 N–H and O–H groups in total. The van der Waals surface area contributed by atoms with E-state index in [1.165, 1.54) is 15.6 Å². The van der Waals surface area contributed by atoms with E-state index in [2.05, 4.69) is 29.6 Å². The van der Waals surface area contributed by atoms with E-state index in [1.54, 1.807) is 23.1 Å². The highest BCUT2D eigenvalue weighted by atomic mass is 32.2. The first-order valence-corrected chi connectivity index (χ1v) is 8.74. The summed E-state index contributed by atoms with van der Waals surface area (Å²) < 4.78 is 6.88. The van der Waals surface area contributed by atoms with Gasteiger partial charge in [-0.25, -0.2) is 0 Å². The minimum Gasteiger partial charge on any atom is -0.494 e. The van der Waals surface area contributed by atoms with Gasteiger partial charge in [0.25, 0.3) is 0 Å². The van der Waals surface area contributed by atoms with Crippen molar-refractivity contribution in [3.05, 3.63) is 53.4 Å². The van der Waals surface area contributed by atoms with E-state index in [-0.39, 0.29) is 0 Å². The molecule has 0 atom stereocenters. The number of hydrogen-bond donors (Lipinski definition) is 1. The van der Waals surface area contributed by atoms with Gasteiger partial charge in [-0.15, -0.1) is 23.1 Å². The second-order valence-electron chi connectivity index (χ2n) is 4.68. The summed E-state index contributed by atoms with van der Waals surface area (Å²) in [6.07, 6.45) is 0. The molecule has 0 spiro atoms. The molecule has 0 bridgehead atoms. The Kier molecular flexibility index (Phi) is 4.36. The van der Waals surface area contributed by atoms with E-state index < -0.39 is 0 Å². The standard InChI is InChI=1S/C17H17NOS2/c1-2-19-13-7-8-15(18)17(9-13)21-11-12-10-20-16-6-4-3-5-14(12)16/h3-10H,2,11,18H2,1H3. The molecule has 2 aromatic carbocycles. The Morgan fingerprint density at radius 1 is 1.19 bits per heavy atom. The summed E-state index contributed by atoms with van der Waals surface area (Å²) in [6, 6.07) is 14.4. The van der Waals surface area contributed by atoms with Gasteiger partial charge < -0.3 is 10.5 Å². The number of anilines is 1. The first kappa shape index (κ1) is 14.3. The molecule has 3 rings (SSSR count). The van der Waals surface area contributed by atoms with E-state index in [9.17, 15) is 0 Å². The molecule has 0 radical (unpaired) electrons. The minimum absolute atomic E-state index is 0.670. The highest BCUT2D eigenvalue weighted by Crippen LogP contribution is 2.35. The third kappa shape index (κ3) is 3.17. The summed E-state index contributed by atoms with van der Waals surface area (Å²) >= 11 is 3.56. The highest BCUT2D eigenvalue weighted by molar-refractivity contribution is 7.98. The Morgan fingerprint density at radius 3 is 2.90 bits per heavy atom. The number of thioether (sulfide) groups is 1. The smallest absolute Gasteiger partial charge is 0.120 e. The van der Waals surface area contributed by atoms with Crippen LogP contribution in [-0.2, 0) is 5.75 Å². The Balaban J connectivity index is 1.79. The molecule has 0 saturated carbocycles. The number of benzene rings is 2. The fourth-order valence-corrected chi connectivity index (χ4v) is 4.25. The fraction of sp³-hybridized carbons (Fsp3) is 0.176. The molecule has 3 aromatic rings. The lowest BCUT2D eigenvalue weighted by Crippen LogP contribution is -1.94. The number of fused-ring (bicyclic) bond motifs is 1. The quantitative estimate of drug-likeness (QED) is 0.521. The maximum absolute atomic E-state index is 6.06. The summed E-state index contributed by atoms with van der Waals surface area (Å²) in [4.78, 5) is 1.08. The van der Waals surface area contributed by atoms with Gasteiger partial charge in [0.1, 0.15) is 5.75 Å². The zero-order valence-corrected chi connectivity index (χ0v) is 13.5. The van der Waals surface area contributed by atoms with Crippen molar-refractivity contribution in [2.75, 3.05) is 12.3 Å². The first-order valence-electron chi connectivity index (χ1n) is 6.88. The molecule has 0 aliphatic rings. The van der Waals surface area contributed by atoms with Gasteiger partial charge in [0.2, 0.25) is 0 Å². The summed E-state index contributed by atoms with van der Waals surface area (Å²) in [5.74, 6) is 1.80. The molecule has 0 saturated heterocycles. The first-order chi connectivity index (χ1) is 10.3. The van der Waals surface area contributed by atoms with Gasteiger partial charge in [0, 0.05) is 21.0 Å². The molecule has 2 nitrogen and oxygen atoms in total. The van der Waals surface area contributed by atoms with E-state index in [0.29, 0.717) is 6.61 Å². The Hall–Kier alpha value is -1.65. The van der Waals surface area contributed by atoms with Crippen molar-refractivity contribution in [2.45, 2.75) is 17.6 Å². The largest absolute Gasteiger partial charge is 0.494 e. The van der Waals surface area contributed by atoms with Crippen LogP contribution < -0.4 is 10.5 Å². The topological polar surface area (TPSA) is 35.2 Å². The van der Waals surface area contributed by atoms with Crippen molar-refractivity contribution >= 4 is 38.9 Å². The molecule has 0 unspecified atom stereocenters. The van der Waals surface area contributed by atoms with Gasteiger partial charge in [0.15, 0.2) is 0 Å². The van der Waals surface area contributed by atoms with Crippen LogP contribution in [0.4, 0.5) is 5.69 Å². The number of hydrogen-bond acceptors (Lipinski definition) is 4. The third-order valence-corrected chi connectivity index (χ3v) is 5.37. The number of rotatable bonds is 5. The van der Waals surface area contributed by atoms with Crippen molar-refractivity contribution in [3.8, 4) is 5.75 Å². The summed E-state index contributed by atoms with van der Waals surface area (Å²) in [5.41, 5.74) is 8.24. The minimum atomic E-state index is 0.670. The maximum atomic E-state index is 6.06. The molecular formula is C17H17NOS2. The lowest BCUT2D eigenvalue weighted by molar-refractivity contribution is 0.339. The van der Waals surface area contributed by atoms with Crippen molar-refractivity contribution in [3.63, 3.8) is 0 Å². The fourth-order valence-electron chi connectivity index (χ4n) is 2.20. The molecule has 0 amide bonds.